The maximum Gasteiger partial charge on any atom is 0.331 e. The molecular weight excluding hydrogens is 419 g/mol. The lowest BCUT2D eigenvalue weighted by molar-refractivity contribution is 0.0977. The van der Waals surface area contributed by atoms with Crippen molar-refractivity contribution >= 4 is 57.1 Å². The number of amides is 3. The van der Waals surface area contributed by atoms with Crippen molar-refractivity contribution in [3.05, 3.63) is 58.6 Å². The number of carbonyl (C=O) groups excluding carboxylic acids is 2. The number of pyridine rings is 1. The fourth-order valence-electron chi connectivity index (χ4n) is 1.50. The Kier molecular flexibility index (Phi) is 6.64. The lowest BCUT2D eigenvalue weighted by atomic mass is 10.2. The molecule has 124 valence electrons. The van der Waals surface area contributed by atoms with Crippen molar-refractivity contribution in [2.75, 3.05) is 0 Å². The molecule has 3 N–H and O–H groups in total. The van der Waals surface area contributed by atoms with Crippen LogP contribution in [0.15, 0.2) is 52.0 Å². The van der Waals surface area contributed by atoms with E-state index in [2.05, 4.69) is 36.3 Å². The Balaban J connectivity index is 1.82. The summed E-state index contributed by atoms with van der Waals surface area (Å²) < 4.78 is 16.3. The van der Waals surface area contributed by atoms with Gasteiger partial charge >= 0.3 is 6.03 Å². The molecule has 1 heterocycles. The number of carbonyl (C=O) groups is 2. The number of halogens is 2. The first-order valence-electron chi connectivity index (χ1n) is 6.41. The predicted octanol–water partition coefficient (Wildman–Crippen LogP) is 3.00. The van der Waals surface area contributed by atoms with Crippen molar-refractivity contribution in [3.8, 4) is 0 Å². The number of thiocarbonyl (C=S) groups is 1. The van der Waals surface area contributed by atoms with Gasteiger partial charge in [-0.3, -0.25) is 20.2 Å². The topological polar surface area (TPSA) is 83.1 Å². The van der Waals surface area contributed by atoms with E-state index in [1.807, 2.05) is 0 Å². The molecule has 2 aromatic rings. The molecule has 0 saturated heterocycles. The van der Waals surface area contributed by atoms with Crippen molar-refractivity contribution in [1.82, 2.24) is 20.3 Å². The van der Waals surface area contributed by atoms with Crippen LogP contribution in [0.4, 0.5) is 9.18 Å². The van der Waals surface area contributed by atoms with Crippen molar-refractivity contribution in [2.45, 2.75) is 4.90 Å². The van der Waals surface area contributed by atoms with E-state index in [0.717, 1.165) is 11.9 Å². The second-order valence-corrected chi connectivity index (χ2v) is 6.42. The molecule has 1 aromatic carbocycles. The molecule has 1 aromatic heterocycles. The molecule has 0 aliphatic carbocycles. The monoisotopic (exact) mass is 428 g/mol. The molecule has 0 aliphatic rings. The van der Waals surface area contributed by atoms with Gasteiger partial charge in [-0.25, -0.2) is 9.78 Å². The van der Waals surface area contributed by atoms with E-state index in [0.29, 0.717) is 10.0 Å². The second-order valence-electron chi connectivity index (χ2n) is 4.25. The molecule has 24 heavy (non-hydrogen) atoms. The van der Waals surface area contributed by atoms with Crippen molar-refractivity contribution < 1.29 is 14.0 Å². The number of nitrogens with zero attached hydrogens (tertiary/aromatic N) is 1. The minimum absolute atomic E-state index is 0.124. The molecule has 0 fully saturated rings. The standard InChI is InChI=1S/C14H10BrFN4O2S2/c15-9-6-10(11(16)17-7-9)24-20-13(22)19-14(23)18-12(21)8-4-2-1-3-5-8/h1-7H,(H3,18,19,20,21,22,23). The molecule has 0 aliphatic heterocycles. The fourth-order valence-corrected chi connectivity index (χ4v) is 2.75. The average molecular weight is 429 g/mol. The van der Waals surface area contributed by atoms with Crippen LogP contribution in [-0.4, -0.2) is 22.0 Å². The number of hydrogen-bond donors (Lipinski definition) is 3. The van der Waals surface area contributed by atoms with E-state index in [-0.39, 0.29) is 10.0 Å². The Morgan fingerprint density at radius 3 is 2.62 bits per heavy atom. The van der Waals surface area contributed by atoms with Gasteiger partial charge in [0.25, 0.3) is 5.91 Å². The summed E-state index contributed by atoms with van der Waals surface area (Å²) in [6, 6.07) is 9.15. The number of benzene rings is 1. The maximum atomic E-state index is 13.4. The highest BCUT2D eigenvalue weighted by Crippen LogP contribution is 2.21. The number of rotatable bonds is 3. The van der Waals surface area contributed by atoms with Crippen LogP contribution in [0.2, 0.25) is 0 Å². The Morgan fingerprint density at radius 1 is 1.21 bits per heavy atom. The van der Waals surface area contributed by atoms with E-state index < -0.39 is 17.9 Å². The van der Waals surface area contributed by atoms with Gasteiger partial charge in [0.05, 0.1) is 4.90 Å². The van der Waals surface area contributed by atoms with Gasteiger partial charge in [0.1, 0.15) is 0 Å². The Labute approximate surface area is 154 Å². The zero-order valence-electron chi connectivity index (χ0n) is 11.9. The van der Waals surface area contributed by atoms with Gasteiger partial charge in [0.2, 0.25) is 5.95 Å². The molecule has 0 atom stereocenters. The lowest BCUT2D eigenvalue weighted by Gasteiger charge is -2.09. The van der Waals surface area contributed by atoms with E-state index in [1.54, 1.807) is 30.3 Å². The van der Waals surface area contributed by atoms with E-state index in [1.165, 1.54) is 12.3 Å². The number of urea groups is 1. The maximum absolute atomic E-state index is 13.4. The summed E-state index contributed by atoms with van der Waals surface area (Å²) in [5, 5.41) is 4.45. The molecule has 10 heteroatoms. The van der Waals surface area contributed by atoms with Gasteiger partial charge in [0.15, 0.2) is 5.11 Å². The van der Waals surface area contributed by atoms with Crippen LogP contribution in [0.5, 0.6) is 0 Å². The minimum Gasteiger partial charge on any atom is -0.299 e. The Hall–Kier alpha value is -2.04. The summed E-state index contributed by atoms with van der Waals surface area (Å²) in [5.41, 5.74) is 0.402. The summed E-state index contributed by atoms with van der Waals surface area (Å²) >= 11 is 8.76. The predicted molar refractivity (Wildman–Crippen MR) is 95.9 cm³/mol. The van der Waals surface area contributed by atoms with Crippen molar-refractivity contribution in [2.24, 2.45) is 0 Å². The minimum atomic E-state index is -0.719. The molecule has 0 radical (unpaired) electrons. The third-order valence-electron chi connectivity index (χ3n) is 2.52. The van der Waals surface area contributed by atoms with Crippen LogP contribution in [0, 0.1) is 5.95 Å². The van der Waals surface area contributed by atoms with Crippen LogP contribution in [0.1, 0.15) is 10.4 Å². The SMILES string of the molecule is O=C(NSc1cc(Br)cnc1F)NC(=S)NC(=O)c1ccccc1. The quantitative estimate of drug-likeness (QED) is 0.397. The van der Waals surface area contributed by atoms with E-state index >= 15 is 0 Å². The molecule has 0 bridgehead atoms. The first kappa shape index (κ1) is 18.3. The Morgan fingerprint density at radius 2 is 1.92 bits per heavy atom. The van der Waals surface area contributed by atoms with Crippen molar-refractivity contribution in [1.29, 1.82) is 0 Å². The summed E-state index contributed by atoms with van der Waals surface area (Å²) in [6.07, 6.45) is 1.30. The largest absolute Gasteiger partial charge is 0.331 e. The summed E-state index contributed by atoms with van der Waals surface area (Å²) in [7, 11) is 0. The Bertz CT molecular complexity index is 777. The zero-order valence-corrected chi connectivity index (χ0v) is 15.1. The first-order valence-corrected chi connectivity index (χ1v) is 8.42. The van der Waals surface area contributed by atoms with Crippen LogP contribution in [0.25, 0.3) is 0 Å². The number of hydrogen-bond acceptors (Lipinski definition) is 5. The summed E-state index contributed by atoms with van der Waals surface area (Å²) in [5.74, 6) is -1.17. The molecule has 2 rings (SSSR count). The van der Waals surface area contributed by atoms with Crippen molar-refractivity contribution in [3.63, 3.8) is 0 Å². The van der Waals surface area contributed by atoms with Gasteiger partial charge in [-0.1, -0.05) is 18.2 Å². The van der Waals surface area contributed by atoms with Gasteiger partial charge in [-0.05, 0) is 58.3 Å². The second kappa shape index (κ2) is 8.71. The number of nitrogens with one attached hydrogen (secondary N) is 3. The van der Waals surface area contributed by atoms with E-state index in [4.69, 9.17) is 12.2 Å². The third kappa shape index (κ3) is 5.55. The lowest BCUT2D eigenvalue weighted by Crippen LogP contribution is -2.45. The molecule has 3 amide bonds. The number of aromatic nitrogens is 1. The smallest absolute Gasteiger partial charge is 0.299 e. The summed E-state index contributed by atoms with van der Waals surface area (Å²) in [6.45, 7) is 0. The van der Waals surface area contributed by atoms with Gasteiger partial charge in [-0.2, -0.15) is 4.39 Å². The van der Waals surface area contributed by atoms with Crippen LogP contribution in [-0.2, 0) is 0 Å². The highest BCUT2D eigenvalue weighted by molar-refractivity contribution is 9.10. The van der Waals surface area contributed by atoms with Crippen LogP contribution < -0.4 is 15.4 Å². The fraction of sp³-hybridized carbons (Fsp3) is 0. The van der Waals surface area contributed by atoms with Crippen LogP contribution >= 0.6 is 40.1 Å². The third-order valence-corrected chi connectivity index (χ3v) is 3.95. The summed E-state index contributed by atoms with van der Waals surface area (Å²) in [4.78, 5) is 27.2. The first-order chi connectivity index (χ1) is 11.5. The van der Waals surface area contributed by atoms with Gasteiger partial charge in [-0.15, -0.1) is 0 Å². The normalized spacial score (nSPS) is 9.92. The molecule has 0 unspecified atom stereocenters. The molecule has 0 spiro atoms. The highest BCUT2D eigenvalue weighted by atomic mass is 79.9. The highest BCUT2D eigenvalue weighted by Gasteiger charge is 2.11. The van der Waals surface area contributed by atoms with Gasteiger partial charge < -0.3 is 0 Å². The molecule has 6 nitrogen and oxygen atoms in total. The van der Waals surface area contributed by atoms with Crippen LogP contribution in [0.3, 0.4) is 0 Å². The van der Waals surface area contributed by atoms with E-state index in [9.17, 15) is 14.0 Å². The molecular formula is C14H10BrFN4O2S2. The molecule has 0 saturated carbocycles. The van der Waals surface area contributed by atoms with Gasteiger partial charge in [0, 0.05) is 16.2 Å². The average Bonchev–Trinajstić information content (AvgIpc) is 2.56. The zero-order chi connectivity index (χ0) is 17.5.